The second-order valence-corrected chi connectivity index (χ2v) is 7.93. The maximum Gasteiger partial charge on any atom is 0.254 e. The van der Waals surface area contributed by atoms with Gasteiger partial charge in [-0.3, -0.25) is 4.90 Å². The van der Waals surface area contributed by atoms with Crippen molar-refractivity contribution >= 4 is 11.8 Å². The molecule has 162 valence electrons. The van der Waals surface area contributed by atoms with Gasteiger partial charge in [-0.25, -0.2) is 9.67 Å². The molecule has 4 rings (SSSR count). The Morgan fingerprint density at radius 3 is 2.55 bits per heavy atom. The Kier molecular flexibility index (Phi) is 6.32. The molecule has 0 unspecified atom stereocenters. The van der Waals surface area contributed by atoms with Gasteiger partial charge < -0.3 is 9.64 Å². The standard InChI is InChI=1S/C24H30N6O/c1-18-8-5-6-10-22(18)29-14-12-28(13-15-29)11-7-9-21-17-25-30(20(21)3)24-26-19(2)16-23(27-24)31-4/h5-10,16-17H,11-15H2,1-4H3. The molecule has 3 aromatic rings. The molecule has 3 heterocycles. The summed E-state index contributed by atoms with van der Waals surface area (Å²) in [5, 5.41) is 4.48. The fourth-order valence-electron chi connectivity index (χ4n) is 3.93. The topological polar surface area (TPSA) is 59.3 Å². The summed E-state index contributed by atoms with van der Waals surface area (Å²) in [6.45, 7) is 11.3. The van der Waals surface area contributed by atoms with Crippen LogP contribution in [-0.4, -0.2) is 64.5 Å². The molecule has 1 aromatic carbocycles. The lowest BCUT2D eigenvalue weighted by molar-refractivity contribution is 0.284. The fraction of sp³-hybridized carbons (Fsp3) is 0.375. The monoisotopic (exact) mass is 418 g/mol. The van der Waals surface area contributed by atoms with E-state index in [4.69, 9.17) is 4.74 Å². The van der Waals surface area contributed by atoms with Crippen LogP contribution < -0.4 is 9.64 Å². The van der Waals surface area contributed by atoms with Gasteiger partial charge in [-0.05, 0) is 32.4 Å². The molecule has 1 aliphatic rings. The van der Waals surface area contributed by atoms with E-state index in [1.54, 1.807) is 11.8 Å². The van der Waals surface area contributed by atoms with E-state index in [0.717, 1.165) is 49.7 Å². The summed E-state index contributed by atoms with van der Waals surface area (Å²) < 4.78 is 7.02. The van der Waals surface area contributed by atoms with Crippen LogP contribution in [0.3, 0.4) is 0 Å². The van der Waals surface area contributed by atoms with Crippen LogP contribution in [-0.2, 0) is 0 Å². The third-order valence-corrected chi connectivity index (χ3v) is 5.75. The zero-order chi connectivity index (χ0) is 21.8. The van der Waals surface area contributed by atoms with Gasteiger partial charge in [0.05, 0.1) is 19.0 Å². The number of benzene rings is 1. The van der Waals surface area contributed by atoms with Crippen molar-refractivity contribution in [3.8, 4) is 11.8 Å². The van der Waals surface area contributed by atoms with Crippen molar-refractivity contribution in [1.82, 2.24) is 24.6 Å². The van der Waals surface area contributed by atoms with Crippen molar-refractivity contribution in [3.63, 3.8) is 0 Å². The fourth-order valence-corrected chi connectivity index (χ4v) is 3.93. The van der Waals surface area contributed by atoms with Crippen LogP contribution in [0.2, 0.25) is 0 Å². The number of piperazine rings is 1. The normalized spacial score (nSPS) is 15.0. The molecule has 0 amide bonds. The lowest BCUT2D eigenvalue weighted by atomic mass is 10.1. The zero-order valence-corrected chi connectivity index (χ0v) is 18.7. The Labute approximate surface area is 184 Å². The first kappa shape index (κ1) is 21.1. The Bertz CT molecular complexity index is 1070. The SMILES string of the molecule is COc1cc(C)nc(-n2ncc(C=CCN3CCN(c4ccccc4C)CC3)c2C)n1. The maximum atomic E-state index is 5.26. The number of hydrogen-bond donors (Lipinski definition) is 0. The quantitative estimate of drug-likeness (QED) is 0.611. The first-order valence-corrected chi connectivity index (χ1v) is 10.7. The van der Waals surface area contributed by atoms with Crippen LogP contribution >= 0.6 is 0 Å². The molecule has 0 bridgehead atoms. The molecule has 0 radical (unpaired) electrons. The smallest absolute Gasteiger partial charge is 0.254 e. The number of anilines is 1. The summed E-state index contributed by atoms with van der Waals surface area (Å²) >= 11 is 0. The molecule has 1 saturated heterocycles. The Hall–Kier alpha value is -3.19. The average molecular weight is 419 g/mol. The molecule has 1 fully saturated rings. The summed E-state index contributed by atoms with van der Waals surface area (Å²) in [7, 11) is 1.61. The van der Waals surface area contributed by atoms with Gasteiger partial charge in [0.1, 0.15) is 0 Å². The lowest BCUT2D eigenvalue weighted by Gasteiger charge is -2.36. The number of aryl methyl sites for hydroxylation is 2. The first-order valence-electron chi connectivity index (χ1n) is 10.7. The third-order valence-electron chi connectivity index (χ3n) is 5.75. The van der Waals surface area contributed by atoms with Crippen LogP contribution in [0.5, 0.6) is 5.88 Å². The largest absolute Gasteiger partial charge is 0.481 e. The Morgan fingerprint density at radius 2 is 1.81 bits per heavy atom. The molecule has 2 aromatic heterocycles. The van der Waals surface area contributed by atoms with Crippen molar-refractivity contribution in [2.75, 3.05) is 44.7 Å². The number of rotatable bonds is 6. The van der Waals surface area contributed by atoms with Crippen LogP contribution in [0.15, 0.2) is 42.6 Å². The second-order valence-electron chi connectivity index (χ2n) is 7.93. The third kappa shape index (κ3) is 4.77. The molecular weight excluding hydrogens is 388 g/mol. The van der Waals surface area contributed by atoms with E-state index in [1.807, 2.05) is 26.1 Å². The number of nitrogens with zero attached hydrogens (tertiary/aromatic N) is 6. The molecule has 31 heavy (non-hydrogen) atoms. The molecular formula is C24H30N6O. The Morgan fingerprint density at radius 1 is 1.03 bits per heavy atom. The van der Waals surface area contributed by atoms with Crippen molar-refractivity contribution in [3.05, 3.63) is 65.1 Å². The summed E-state index contributed by atoms with van der Waals surface area (Å²) in [4.78, 5) is 13.9. The Balaban J connectivity index is 1.36. The molecule has 0 N–H and O–H groups in total. The van der Waals surface area contributed by atoms with Crippen molar-refractivity contribution in [2.24, 2.45) is 0 Å². The van der Waals surface area contributed by atoms with Gasteiger partial charge in [-0.2, -0.15) is 10.1 Å². The molecule has 0 aliphatic carbocycles. The van der Waals surface area contributed by atoms with E-state index in [1.165, 1.54) is 11.3 Å². The summed E-state index contributed by atoms with van der Waals surface area (Å²) in [6, 6.07) is 10.4. The summed E-state index contributed by atoms with van der Waals surface area (Å²) in [6.07, 6.45) is 6.22. The van der Waals surface area contributed by atoms with Crippen LogP contribution in [0.25, 0.3) is 12.0 Å². The van der Waals surface area contributed by atoms with Gasteiger partial charge in [0.25, 0.3) is 5.95 Å². The predicted molar refractivity (Wildman–Crippen MR) is 124 cm³/mol. The van der Waals surface area contributed by atoms with Crippen LogP contribution in [0.1, 0.15) is 22.5 Å². The number of para-hydroxylation sites is 1. The van der Waals surface area contributed by atoms with E-state index < -0.39 is 0 Å². The first-order chi connectivity index (χ1) is 15.0. The van der Waals surface area contributed by atoms with Crippen molar-refractivity contribution in [2.45, 2.75) is 20.8 Å². The van der Waals surface area contributed by atoms with Crippen molar-refractivity contribution in [1.29, 1.82) is 0 Å². The highest BCUT2D eigenvalue weighted by molar-refractivity contribution is 5.54. The van der Waals surface area contributed by atoms with E-state index >= 15 is 0 Å². The van der Waals surface area contributed by atoms with Gasteiger partial charge >= 0.3 is 0 Å². The summed E-state index contributed by atoms with van der Waals surface area (Å²) in [5.41, 5.74) is 5.63. The molecule has 0 spiro atoms. The number of aromatic nitrogens is 4. The molecule has 7 nitrogen and oxygen atoms in total. The molecule has 0 saturated carbocycles. The maximum absolute atomic E-state index is 5.26. The van der Waals surface area contributed by atoms with Gasteiger partial charge in [-0.15, -0.1) is 0 Å². The lowest BCUT2D eigenvalue weighted by Crippen LogP contribution is -2.46. The van der Waals surface area contributed by atoms with Gasteiger partial charge in [0, 0.05) is 55.7 Å². The predicted octanol–water partition coefficient (Wildman–Crippen LogP) is 3.43. The minimum Gasteiger partial charge on any atom is -0.481 e. The molecule has 7 heteroatoms. The van der Waals surface area contributed by atoms with E-state index in [2.05, 4.69) is 68.2 Å². The van der Waals surface area contributed by atoms with E-state index in [0.29, 0.717) is 11.8 Å². The highest BCUT2D eigenvalue weighted by Gasteiger charge is 2.17. The van der Waals surface area contributed by atoms with Gasteiger partial charge in [0.2, 0.25) is 5.88 Å². The highest BCUT2D eigenvalue weighted by Crippen LogP contribution is 2.21. The van der Waals surface area contributed by atoms with E-state index in [9.17, 15) is 0 Å². The van der Waals surface area contributed by atoms with Gasteiger partial charge in [-0.1, -0.05) is 30.4 Å². The van der Waals surface area contributed by atoms with Crippen LogP contribution in [0.4, 0.5) is 5.69 Å². The molecule has 1 aliphatic heterocycles. The number of hydrogen-bond acceptors (Lipinski definition) is 6. The minimum atomic E-state index is 0.529. The van der Waals surface area contributed by atoms with Crippen molar-refractivity contribution < 1.29 is 4.74 Å². The number of methoxy groups -OCH3 is 1. The minimum absolute atomic E-state index is 0.529. The van der Waals surface area contributed by atoms with Crippen LogP contribution in [0, 0.1) is 20.8 Å². The highest BCUT2D eigenvalue weighted by atomic mass is 16.5. The average Bonchev–Trinajstić information content (AvgIpc) is 3.14. The zero-order valence-electron chi connectivity index (χ0n) is 18.7. The second kappa shape index (κ2) is 9.31. The summed E-state index contributed by atoms with van der Waals surface area (Å²) in [5.74, 6) is 1.07. The number of ether oxygens (including phenoxy) is 1. The molecule has 0 atom stereocenters. The van der Waals surface area contributed by atoms with E-state index in [-0.39, 0.29) is 0 Å². The van der Waals surface area contributed by atoms with Gasteiger partial charge in [0.15, 0.2) is 0 Å².